The minimum Gasteiger partial charge on any atom is -0.455 e. The van der Waals surface area contributed by atoms with Gasteiger partial charge in [0.05, 0.1) is 5.56 Å². The number of hydrogen-bond donors (Lipinski definition) is 0. The number of benzene rings is 1. The van der Waals surface area contributed by atoms with Crippen molar-refractivity contribution in [3.63, 3.8) is 0 Å². The molecule has 0 saturated heterocycles. The van der Waals surface area contributed by atoms with Crippen molar-refractivity contribution in [2.75, 3.05) is 0 Å². The molecule has 1 aliphatic rings. The van der Waals surface area contributed by atoms with Gasteiger partial charge in [-0.3, -0.25) is 0 Å². The van der Waals surface area contributed by atoms with Crippen LogP contribution in [0, 0.1) is 6.07 Å². The van der Waals surface area contributed by atoms with E-state index in [0.717, 1.165) is 19.3 Å². The molecular weight excluding hydrogens is 200 g/mol. The Labute approximate surface area is 96.6 Å². The molecule has 1 saturated carbocycles. The molecule has 1 radical (unpaired) electrons. The van der Waals surface area contributed by atoms with Crippen LogP contribution in [0.5, 0.6) is 0 Å². The van der Waals surface area contributed by atoms with Gasteiger partial charge in [-0.1, -0.05) is 25.1 Å². The Bertz CT molecular complexity index is 350. The minimum absolute atomic E-state index is 0.208. The standard InChI is InChI=1S/C14H17O2/c1-2-14(10-6-7-11-14)16-13(15)12-8-4-3-5-9-12/h3-5,8H,2,6-7,10-11H2,1H3. The number of carbonyl (C=O) groups excluding carboxylic acids is 1. The number of carbonyl (C=O) groups is 1. The van der Waals surface area contributed by atoms with Gasteiger partial charge in [0.2, 0.25) is 0 Å². The molecule has 1 fully saturated rings. The molecule has 0 spiro atoms. The summed E-state index contributed by atoms with van der Waals surface area (Å²) in [7, 11) is 0. The minimum atomic E-state index is -0.232. The Kier molecular flexibility index (Phi) is 3.28. The third-order valence-corrected chi connectivity index (χ3v) is 3.40. The fourth-order valence-corrected chi connectivity index (χ4v) is 2.32. The van der Waals surface area contributed by atoms with Crippen molar-refractivity contribution >= 4 is 5.97 Å². The Morgan fingerprint density at radius 3 is 2.75 bits per heavy atom. The molecule has 0 N–H and O–H groups in total. The molecule has 0 bridgehead atoms. The maximum atomic E-state index is 11.9. The summed E-state index contributed by atoms with van der Waals surface area (Å²) in [6.45, 7) is 2.09. The molecule has 0 amide bonds. The molecule has 0 unspecified atom stereocenters. The SMILES string of the molecule is CCC1(OC(=O)c2[c]cccc2)CCCC1. The monoisotopic (exact) mass is 217 g/mol. The van der Waals surface area contributed by atoms with Crippen LogP contribution in [0.15, 0.2) is 24.3 Å². The van der Waals surface area contributed by atoms with E-state index in [4.69, 9.17) is 4.74 Å². The van der Waals surface area contributed by atoms with E-state index in [1.54, 1.807) is 12.1 Å². The molecule has 2 rings (SSSR count). The normalized spacial score (nSPS) is 18.3. The molecule has 0 heterocycles. The Hall–Kier alpha value is -1.31. The molecular formula is C14H17O2. The fraction of sp³-hybridized carbons (Fsp3) is 0.500. The Morgan fingerprint density at radius 1 is 1.44 bits per heavy atom. The van der Waals surface area contributed by atoms with E-state index >= 15 is 0 Å². The zero-order valence-corrected chi connectivity index (χ0v) is 9.66. The summed E-state index contributed by atoms with van der Waals surface area (Å²) in [5, 5.41) is 0. The summed E-state index contributed by atoms with van der Waals surface area (Å²) in [6, 6.07) is 10.1. The first-order chi connectivity index (χ1) is 7.76. The second-order valence-electron chi connectivity index (χ2n) is 4.41. The van der Waals surface area contributed by atoms with Crippen LogP contribution in [0.25, 0.3) is 0 Å². The molecule has 1 aliphatic carbocycles. The van der Waals surface area contributed by atoms with Crippen LogP contribution >= 0.6 is 0 Å². The third kappa shape index (κ3) is 2.26. The average molecular weight is 217 g/mol. The van der Waals surface area contributed by atoms with Gasteiger partial charge in [0, 0.05) is 0 Å². The maximum absolute atomic E-state index is 11.9. The highest BCUT2D eigenvalue weighted by atomic mass is 16.6. The van der Waals surface area contributed by atoms with E-state index in [1.807, 2.05) is 12.1 Å². The second kappa shape index (κ2) is 4.69. The summed E-state index contributed by atoms with van der Waals surface area (Å²) in [6.07, 6.45) is 5.25. The van der Waals surface area contributed by atoms with Crippen molar-refractivity contribution in [2.24, 2.45) is 0 Å². The van der Waals surface area contributed by atoms with Crippen LogP contribution in [0.2, 0.25) is 0 Å². The van der Waals surface area contributed by atoms with Crippen molar-refractivity contribution in [1.29, 1.82) is 0 Å². The van der Waals surface area contributed by atoms with Gasteiger partial charge in [-0.2, -0.15) is 0 Å². The number of esters is 1. The van der Waals surface area contributed by atoms with Crippen LogP contribution in [0.1, 0.15) is 49.4 Å². The molecule has 1 aromatic rings. The predicted molar refractivity (Wildman–Crippen MR) is 62.2 cm³/mol. The Balaban J connectivity index is 2.07. The van der Waals surface area contributed by atoms with Gasteiger partial charge in [0.15, 0.2) is 0 Å². The molecule has 2 nitrogen and oxygen atoms in total. The molecule has 2 heteroatoms. The van der Waals surface area contributed by atoms with Crippen molar-refractivity contribution in [3.8, 4) is 0 Å². The fourth-order valence-electron chi connectivity index (χ4n) is 2.32. The molecule has 0 aliphatic heterocycles. The van der Waals surface area contributed by atoms with Gasteiger partial charge in [-0.05, 0) is 44.2 Å². The van der Waals surface area contributed by atoms with E-state index < -0.39 is 0 Å². The zero-order valence-electron chi connectivity index (χ0n) is 9.66. The van der Waals surface area contributed by atoms with Gasteiger partial charge in [0.25, 0.3) is 0 Å². The summed E-state index contributed by atoms with van der Waals surface area (Å²) < 4.78 is 5.66. The molecule has 0 aromatic heterocycles. The van der Waals surface area contributed by atoms with Crippen molar-refractivity contribution < 1.29 is 9.53 Å². The zero-order chi connectivity index (χ0) is 11.4. The summed E-state index contributed by atoms with van der Waals surface area (Å²) in [5.41, 5.74) is 0.322. The molecule has 0 atom stereocenters. The van der Waals surface area contributed by atoms with Gasteiger partial charge >= 0.3 is 5.97 Å². The largest absolute Gasteiger partial charge is 0.455 e. The van der Waals surface area contributed by atoms with E-state index in [2.05, 4.69) is 13.0 Å². The third-order valence-electron chi connectivity index (χ3n) is 3.40. The van der Waals surface area contributed by atoms with Crippen LogP contribution < -0.4 is 0 Å². The smallest absolute Gasteiger partial charge is 0.339 e. The van der Waals surface area contributed by atoms with E-state index in [1.165, 1.54) is 12.8 Å². The highest BCUT2D eigenvalue weighted by Gasteiger charge is 2.36. The first-order valence-corrected chi connectivity index (χ1v) is 5.96. The quantitative estimate of drug-likeness (QED) is 0.726. The number of hydrogen-bond acceptors (Lipinski definition) is 2. The van der Waals surface area contributed by atoms with E-state index in [0.29, 0.717) is 5.56 Å². The van der Waals surface area contributed by atoms with E-state index in [-0.39, 0.29) is 11.6 Å². The molecule has 16 heavy (non-hydrogen) atoms. The highest BCUT2D eigenvalue weighted by Crippen LogP contribution is 2.36. The van der Waals surface area contributed by atoms with Crippen LogP contribution in [0.3, 0.4) is 0 Å². The highest BCUT2D eigenvalue weighted by molar-refractivity contribution is 5.89. The number of rotatable bonds is 3. The summed E-state index contributed by atoms with van der Waals surface area (Å²) in [4.78, 5) is 11.9. The van der Waals surface area contributed by atoms with Gasteiger partial charge in [-0.15, -0.1) is 0 Å². The van der Waals surface area contributed by atoms with Gasteiger partial charge in [-0.25, -0.2) is 4.79 Å². The first kappa shape index (κ1) is 11.2. The lowest BCUT2D eigenvalue weighted by molar-refractivity contribution is -0.0172. The van der Waals surface area contributed by atoms with Crippen molar-refractivity contribution in [3.05, 3.63) is 35.9 Å². The second-order valence-corrected chi connectivity index (χ2v) is 4.41. The topological polar surface area (TPSA) is 26.3 Å². The Morgan fingerprint density at radius 2 is 2.19 bits per heavy atom. The van der Waals surface area contributed by atoms with Crippen LogP contribution in [0.4, 0.5) is 0 Å². The lowest BCUT2D eigenvalue weighted by Crippen LogP contribution is -2.31. The lowest BCUT2D eigenvalue weighted by atomic mass is 9.99. The molecule has 1 aromatic carbocycles. The lowest BCUT2D eigenvalue weighted by Gasteiger charge is -2.27. The van der Waals surface area contributed by atoms with E-state index in [9.17, 15) is 4.79 Å². The van der Waals surface area contributed by atoms with Crippen LogP contribution in [-0.4, -0.2) is 11.6 Å². The van der Waals surface area contributed by atoms with Crippen LogP contribution in [-0.2, 0) is 4.74 Å². The predicted octanol–water partition coefficient (Wildman–Crippen LogP) is 3.37. The van der Waals surface area contributed by atoms with Gasteiger partial charge < -0.3 is 4.74 Å². The average Bonchev–Trinajstić information content (AvgIpc) is 2.79. The van der Waals surface area contributed by atoms with Crippen molar-refractivity contribution in [1.82, 2.24) is 0 Å². The number of ether oxygens (including phenoxy) is 1. The molecule has 85 valence electrons. The first-order valence-electron chi connectivity index (χ1n) is 5.96. The maximum Gasteiger partial charge on any atom is 0.339 e. The van der Waals surface area contributed by atoms with Gasteiger partial charge in [0.1, 0.15) is 5.60 Å². The summed E-state index contributed by atoms with van der Waals surface area (Å²) in [5.74, 6) is -0.232. The van der Waals surface area contributed by atoms with Crippen molar-refractivity contribution in [2.45, 2.75) is 44.6 Å². The summed E-state index contributed by atoms with van der Waals surface area (Å²) >= 11 is 0.